The topological polar surface area (TPSA) is 141 Å². The van der Waals surface area contributed by atoms with Gasteiger partial charge in [-0.2, -0.15) is 4.98 Å². The highest BCUT2D eigenvalue weighted by Crippen LogP contribution is 2.23. The van der Waals surface area contributed by atoms with Gasteiger partial charge in [0.05, 0.1) is 0 Å². The van der Waals surface area contributed by atoms with Gasteiger partial charge in [-0.05, 0) is 18.2 Å². The zero-order chi connectivity index (χ0) is 14.0. The lowest BCUT2D eigenvalue weighted by Crippen LogP contribution is -2.39. The van der Waals surface area contributed by atoms with E-state index < -0.39 is 11.8 Å². The maximum Gasteiger partial charge on any atom is 0.299 e. The number of hydrogen-bond acceptors (Lipinski definition) is 6. The normalized spacial score (nSPS) is 10.5. The Labute approximate surface area is 108 Å². The first kappa shape index (κ1) is 12.7. The van der Waals surface area contributed by atoms with E-state index in [0.29, 0.717) is 16.8 Å². The third kappa shape index (κ3) is 2.92. The minimum atomic E-state index is -0.622. The van der Waals surface area contributed by atoms with E-state index in [1.165, 1.54) is 4.90 Å². The van der Waals surface area contributed by atoms with Crippen LogP contribution >= 0.6 is 0 Å². The molecule has 8 heteroatoms. The summed E-state index contributed by atoms with van der Waals surface area (Å²) in [4.78, 5) is 27.4. The number of nitrogen functional groups attached to an aromatic ring is 1. The van der Waals surface area contributed by atoms with Crippen LogP contribution in [0, 0.1) is 0 Å². The minimum absolute atomic E-state index is 0.0956. The van der Waals surface area contributed by atoms with Crippen LogP contribution in [0.4, 0.5) is 11.7 Å². The van der Waals surface area contributed by atoms with Gasteiger partial charge in [-0.25, -0.2) is 0 Å². The van der Waals surface area contributed by atoms with Crippen molar-refractivity contribution in [3.63, 3.8) is 0 Å². The first-order valence-electron chi connectivity index (χ1n) is 5.43. The smallest absolute Gasteiger partial charge is 0.299 e. The Morgan fingerprint density at radius 1 is 1.21 bits per heavy atom. The number of carbonyl (C=O) groups excluding carboxylic acids is 2. The van der Waals surface area contributed by atoms with Crippen molar-refractivity contribution in [2.75, 3.05) is 23.7 Å². The van der Waals surface area contributed by atoms with E-state index in [2.05, 4.69) is 4.98 Å². The molecule has 2 rings (SSSR count). The van der Waals surface area contributed by atoms with Crippen LogP contribution < -0.4 is 22.1 Å². The van der Waals surface area contributed by atoms with Crippen molar-refractivity contribution in [1.82, 2.24) is 4.98 Å². The van der Waals surface area contributed by atoms with Crippen LogP contribution in [-0.2, 0) is 9.59 Å². The maximum absolute atomic E-state index is 11.0. The highest BCUT2D eigenvalue weighted by Gasteiger charge is 2.18. The lowest BCUT2D eigenvalue weighted by molar-refractivity contribution is -0.117. The fourth-order valence-corrected chi connectivity index (χ4v) is 1.63. The van der Waals surface area contributed by atoms with Gasteiger partial charge in [-0.3, -0.25) is 9.59 Å². The molecule has 1 aromatic heterocycles. The van der Waals surface area contributed by atoms with Crippen molar-refractivity contribution in [2.45, 2.75) is 0 Å². The summed E-state index contributed by atoms with van der Waals surface area (Å²) >= 11 is 0. The monoisotopic (exact) mass is 263 g/mol. The first-order chi connectivity index (χ1) is 8.95. The quantitative estimate of drug-likeness (QED) is 0.602. The van der Waals surface area contributed by atoms with Gasteiger partial charge in [0.2, 0.25) is 11.8 Å². The number of anilines is 2. The van der Waals surface area contributed by atoms with Crippen molar-refractivity contribution in [3.8, 4) is 0 Å². The summed E-state index contributed by atoms with van der Waals surface area (Å²) in [6, 6.07) is 5.02. The van der Waals surface area contributed by atoms with Gasteiger partial charge in [0.25, 0.3) is 6.01 Å². The Balaban J connectivity index is 2.37. The predicted molar refractivity (Wildman–Crippen MR) is 69.0 cm³/mol. The summed E-state index contributed by atoms with van der Waals surface area (Å²) in [5, 5.41) is 0. The fourth-order valence-electron chi connectivity index (χ4n) is 1.63. The number of rotatable bonds is 5. The summed E-state index contributed by atoms with van der Waals surface area (Å²) in [5.41, 5.74) is 17.4. The van der Waals surface area contributed by atoms with E-state index in [1.54, 1.807) is 18.2 Å². The highest BCUT2D eigenvalue weighted by atomic mass is 16.4. The summed E-state index contributed by atoms with van der Waals surface area (Å²) < 4.78 is 5.43. The molecule has 1 heterocycles. The molecular formula is C11H13N5O3. The lowest BCUT2D eigenvalue weighted by atomic mass is 10.3. The van der Waals surface area contributed by atoms with Gasteiger partial charge < -0.3 is 26.5 Å². The number of carbonyl (C=O) groups is 2. The van der Waals surface area contributed by atoms with Crippen LogP contribution in [0.1, 0.15) is 0 Å². The van der Waals surface area contributed by atoms with Gasteiger partial charge in [-0.15, -0.1) is 0 Å². The van der Waals surface area contributed by atoms with Gasteiger partial charge in [0.1, 0.15) is 18.6 Å². The fraction of sp³-hybridized carbons (Fsp3) is 0.182. The SMILES string of the molecule is NC(=O)CN(CC(N)=O)c1nc2cc(N)ccc2o1. The van der Waals surface area contributed by atoms with Crippen LogP contribution in [0.5, 0.6) is 0 Å². The number of hydrogen-bond donors (Lipinski definition) is 3. The van der Waals surface area contributed by atoms with Gasteiger partial charge in [-0.1, -0.05) is 0 Å². The molecule has 0 radical (unpaired) electrons. The molecule has 0 aliphatic heterocycles. The lowest BCUT2D eigenvalue weighted by Gasteiger charge is -2.16. The van der Waals surface area contributed by atoms with Crippen LogP contribution in [-0.4, -0.2) is 29.9 Å². The largest absolute Gasteiger partial charge is 0.423 e. The number of benzene rings is 1. The minimum Gasteiger partial charge on any atom is -0.423 e. The molecule has 0 saturated carbocycles. The van der Waals surface area contributed by atoms with Crippen molar-refractivity contribution in [3.05, 3.63) is 18.2 Å². The molecule has 0 saturated heterocycles. The molecule has 0 fully saturated rings. The average molecular weight is 263 g/mol. The molecule has 0 aliphatic rings. The molecule has 0 atom stereocenters. The van der Waals surface area contributed by atoms with Crippen molar-refractivity contribution >= 4 is 34.6 Å². The van der Waals surface area contributed by atoms with Crippen LogP contribution in [0.3, 0.4) is 0 Å². The van der Waals surface area contributed by atoms with E-state index in [0.717, 1.165) is 0 Å². The van der Waals surface area contributed by atoms with Gasteiger partial charge >= 0.3 is 0 Å². The number of primary amides is 2. The zero-order valence-corrected chi connectivity index (χ0v) is 10.00. The molecule has 1 aromatic carbocycles. The third-order valence-electron chi connectivity index (χ3n) is 2.36. The number of amides is 2. The summed E-state index contributed by atoms with van der Waals surface area (Å²) in [6.45, 7) is -0.434. The van der Waals surface area contributed by atoms with Gasteiger partial charge in [0, 0.05) is 5.69 Å². The second-order valence-corrected chi connectivity index (χ2v) is 4.01. The van der Waals surface area contributed by atoms with Crippen molar-refractivity contribution in [2.24, 2.45) is 11.5 Å². The molecule has 6 N–H and O–H groups in total. The van der Waals surface area contributed by atoms with Gasteiger partial charge in [0.15, 0.2) is 5.58 Å². The Morgan fingerprint density at radius 3 is 2.42 bits per heavy atom. The van der Waals surface area contributed by atoms with E-state index in [4.69, 9.17) is 21.6 Å². The molecule has 0 spiro atoms. The van der Waals surface area contributed by atoms with Crippen LogP contribution in [0.2, 0.25) is 0 Å². The molecule has 0 aliphatic carbocycles. The predicted octanol–water partition coefficient (Wildman–Crippen LogP) is -0.813. The Morgan fingerprint density at radius 2 is 1.84 bits per heavy atom. The average Bonchev–Trinajstić information content (AvgIpc) is 2.69. The molecule has 0 unspecified atom stereocenters. The Bertz CT molecular complexity index is 620. The van der Waals surface area contributed by atoms with E-state index in [-0.39, 0.29) is 19.1 Å². The number of nitrogens with zero attached hydrogens (tertiary/aromatic N) is 2. The summed E-state index contributed by atoms with van der Waals surface area (Å²) in [6.07, 6.45) is 0. The molecule has 19 heavy (non-hydrogen) atoms. The highest BCUT2D eigenvalue weighted by molar-refractivity contribution is 5.85. The number of aromatic nitrogens is 1. The second kappa shape index (κ2) is 4.84. The zero-order valence-electron chi connectivity index (χ0n) is 10.00. The molecule has 2 amide bonds. The van der Waals surface area contributed by atoms with E-state index >= 15 is 0 Å². The molecule has 8 nitrogen and oxygen atoms in total. The maximum atomic E-state index is 11.0. The number of nitrogens with two attached hydrogens (primary N) is 3. The van der Waals surface area contributed by atoms with Crippen molar-refractivity contribution in [1.29, 1.82) is 0 Å². The van der Waals surface area contributed by atoms with Crippen LogP contribution in [0.15, 0.2) is 22.6 Å². The Hall–Kier alpha value is -2.77. The number of fused-ring (bicyclic) bond motifs is 1. The third-order valence-corrected chi connectivity index (χ3v) is 2.36. The summed E-state index contributed by atoms with van der Waals surface area (Å²) in [7, 11) is 0. The van der Waals surface area contributed by atoms with E-state index in [9.17, 15) is 9.59 Å². The molecule has 0 bridgehead atoms. The van der Waals surface area contributed by atoms with E-state index in [1.807, 2.05) is 0 Å². The first-order valence-corrected chi connectivity index (χ1v) is 5.43. The number of oxazole rings is 1. The molecular weight excluding hydrogens is 250 g/mol. The molecule has 2 aromatic rings. The Kier molecular flexibility index (Phi) is 3.23. The van der Waals surface area contributed by atoms with Crippen LogP contribution in [0.25, 0.3) is 11.1 Å². The summed E-state index contributed by atoms with van der Waals surface area (Å²) in [5.74, 6) is -1.24. The van der Waals surface area contributed by atoms with Crippen molar-refractivity contribution < 1.29 is 14.0 Å². The standard InChI is InChI=1S/C11H13N5O3/c12-6-1-2-8-7(3-6)15-11(19-8)16(4-9(13)17)5-10(14)18/h1-3H,4-5,12H2,(H2,13,17)(H2,14,18). The second-order valence-electron chi connectivity index (χ2n) is 4.01. The molecule has 100 valence electrons.